The van der Waals surface area contributed by atoms with E-state index in [0.29, 0.717) is 12.4 Å². The van der Waals surface area contributed by atoms with Gasteiger partial charge in [0.05, 0.1) is 0 Å². The number of rotatable bonds is 3. The molecule has 0 spiro atoms. The Bertz CT molecular complexity index is 554. The maximum atomic E-state index is 11.9. The summed E-state index contributed by atoms with van der Waals surface area (Å²) in [5.41, 5.74) is 0.896. The van der Waals surface area contributed by atoms with Crippen LogP contribution in [0.2, 0.25) is 0 Å². The molecule has 0 fully saturated rings. The van der Waals surface area contributed by atoms with E-state index in [1.165, 1.54) is 0 Å². The van der Waals surface area contributed by atoms with Gasteiger partial charge >= 0.3 is 0 Å². The second-order valence-corrected chi connectivity index (χ2v) is 5.43. The Morgan fingerprint density at radius 1 is 1.26 bits per heavy atom. The van der Waals surface area contributed by atoms with Gasteiger partial charge in [-0.15, -0.1) is 5.10 Å². The molecule has 100 valence electrons. The molecule has 1 amide bonds. The summed E-state index contributed by atoms with van der Waals surface area (Å²) in [5.74, 6) is 0.619. The first-order valence-corrected chi connectivity index (χ1v) is 6.22. The van der Waals surface area contributed by atoms with Gasteiger partial charge in [-0.1, -0.05) is 51.1 Å². The highest BCUT2D eigenvalue weighted by molar-refractivity contribution is 5.90. The Labute approximate surface area is 112 Å². The first-order valence-electron chi connectivity index (χ1n) is 6.22. The van der Waals surface area contributed by atoms with E-state index < -0.39 is 0 Å². The number of aromatic amines is 1. The molecule has 0 saturated carbocycles. The van der Waals surface area contributed by atoms with Crippen molar-refractivity contribution < 1.29 is 4.79 Å². The molecule has 5 nitrogen and oxygen atoms in total. The van der Waals surface area contributed by atoms with Crippen LogP contribution in [0.4, 0.5) is 0 Å². The molecule has 0 aliphatic carbocycles. The second-order valence-electron chi connectivity index (χ2n) is 5.43. The van der Waals surface area contributed by atoms with Crippen LogP contribution in [-0.4, -0.2) is 21.1 Å². The van der Waals surface area contributed by atoms with Gasteiger partial charge in [-0.05, 0) is 5.56 Å². The molecule has 0 bridgehead atoms. The van der Waals surface area contributed by atoms with Gasteiger partial charge < -0.3 is 5.32 Å². The molecular weight excluding hydrogens is 240 g/mol. The van der Waals surface area contributed by atoms with Crippen molar-refractivity contribution in [2.75, 3.05) is 0 Å². The molecule has 2 rings (SSSR count). The summed E-state index contributed by atoms with van der Waals surface area (Å²) >= 11 is 0. The number of amides is 1. The van der Waals surface area contributed by atoms with Crippen molar-refractivity contribution in [3.63, 3.8) is 0 Å². The number of nitrogens with zero attached hydrogens (tertiary/aromatic N) is 2. The standard InChI is InChI=1S/C14H18N4O/c1-14(2,3)13-16-11(17-18-13)12(19)15-9-10-7-5-4-6-8-10/h4-8H,9H2,1-3H3,(H,15,19)(H,16,17,18). The van der Waals surface area contributed by atoms with Gasteiger partial charge in [-0.25, -0.2) is 4.98 Å². The number of benzene rings is 1. The van der Waals surface area contributed by atoms with Crippen LogP contribution in [0.3, 0.4) is 0 Å². The van der Waals surface area contributed by atoms with Gasteiger partial charge in [0.25, 0.3) is 5.91 Å². The van der Waals surface area contributed by atoms with Crippen molar-refractivity contribution >= 4 is 5.91 Å². The van der Waals surface area contributed by atoms with Crippen molar-refractivity contribution in [1.29, 1.82) is 0 Å². The lowest BCUT2D eigenvalue weighted by molar-refractivity contribution is 0.0941. The van der Waals surface area contributed by atoms with E-state index in [1.807, 2.05) is 51.1 Å². The maximum Gasteiger partial charge on any atom is 0.291 e. The number of nitrogens with one attached hydrogen (secondary N) is 2. The molecule has 0 unspecified atom stereocenters. The molecule has 1 heterocycles. The third-order valence-electron chi connectivity index (χ3n) is 2.69. The molecule has 0 aliphatic heterocycles. The lowest BCUT2D eigenvalue weighted by atomic mass is 9.96. The summed E-state index contributed by atoms with van der Waals surface area (Å²) in [4.78, 5) is 16.1. The lowest BCUT2D eigenvalue weighted by Gasteiger charge is -2.12. The van der Waals surface area contributed by atoms with Crippen molar-refractivity contribution in [3.8, 4) is 0 Å². The number of aromatic nitrogens is 3. The SMILES string of the molecule is CC(C)(C)c1nc(C(=O)NCc2ccccc2)n[nH]1. The topological polar surface area (TPSA) is 70.7 Å². The number of hydrogen-bond acceptors (Lipinski definition) is 3. The van der Waals surface area contributed by atoms with E-state index in [-0.39, 0.29) is 17.1 Å². The van der Waals surface area contributed by atoms with Crippen LogP contribution in [0.5, 0.6) is 0 Å². The van der Waals surface area contributed by atoms with Crippen molar-refractivity contribution in [1.82, 2.24) is 20.5 Å². The van der Waals surface area contributed by atoms with E-state index in [2.05, 4.69) is 20.5 Å². The molecule has 2 N–H and O–H groups in total. The zero-order valence-electron chi connectivity index (χ0n) is 11.4. The molecule has 1 aromatic carbocycles. The summed E-state index contributed by atoms with van der Waals surface area (Å²) in [7, 11) is 0. The minimum absolute atomic E-state index is 0.148. The third kappa shape index (κ3) is 3.40. The highest BCUT2D eigenvalue weighted by Gasteiger charge is 2.20. The van der Waals surface area contributed by atoms with E-state index in [1.54, 1.807) is 0 Å². The number of carbonyl (C=O) groups is 1. The predicted molar refractivity (Wildman–Crippen MR) is 72.7 cm³/mol. The van der Waals surface area contributed by atoms with Crippen molar-refractivity contribution in [3.05, 3.63) is 47.5 Å². The van der Waals surface area contributed by atoms with Crippen LogP contribution in [0.25, 0.3) is 0 Å². The number of carbonyl (C=O) groups excluding carboxylic acids is 1. The average Bonchev–Trinajstić information content (AvgIpc) is 2.87. The van der Waals surface area contributed by atoms with Gasteiger partial charge in [0, 0.05) is 12.0 Å². The van der Waals surface area contributed by atoms with E-state index in [4.69, 9.17) is 0 Å². The van der Waals surface area contributed by atoms with E-state index >= 15 is 0 Å². The lowest BCUT2D eigenvalue weighted by Crippen LogP contribution is -2.24. The molecule has 0 radical (unpaired) electrons. The highest BCUT2D eigenvalue weighted by atomic mass is 16.2. The molecule has 1 aromatic heterocycles. The largest absolute Gasteiger partial charge is 0.345 e. The zero-order valence-corrected chi connectivity index (χ0v) is 11.4. The van der Waals surface area contributed by atoms with Crippen LogP contribution in [0, 0.1) is 0 Å². The van der Waals surface area contributed by atoms with Gasteiger partial charge in [-0.3, -0.25) is 9.89 Å². The zero-order chi connectivity index (χ0) is 13.9. The molecule has 0 saturated heterocycles. The third-order valence-corrected chi connectivity index (χ3v) is 2.69. The Kier molecular flexibility index (Phi) is 3.64. The average molecular weight is 258 g/mol. The van der Waals surface area contributed by atoms with Gasteiger partial charge in [-0.2, -0.15) is 0 Å². The molecule has 5 heteroatoms. The molecule has 2 aromatic rings. The fourth-order valence-electron chi connectivity index (χ4n) is 1.56. The molecular formula is C14H18N4O. The first-order chi connectivity index (χ1) is 8.97. The van der Waals surface area contributed by atoms with Crippen LogP contribution >= 0.6 is 0 Å². The fraction of sp³-hybridized carbons (Fsp3) is 0.357. The normalized spacial score (nSPS) is 11.3. The summed E-state index contributed by atoms with van der Waals surface area (Å²) < 4.78 is 0. The minimum atomic E-state index is -0.268. The molecule has 0 atom stereocenters. The Morgan fingerprint density at radius 3 is 2.53 bits per heavy atom. The highest BCUT2D eigenvalue weighted by Crippen LogP contribution is 2.17. The summed E-state index contributed by atoms with van der Waals surface area (Å²) in [6, 6.07) is 9.73. The maximum absolute atomic E-state index is 11.9. The van der Waals surface area contributed by atoms with Crippen LogP contribution in [0.1, 0.15) is 42.8 Å². The van der Waals surface area contributed by atoms with Gasteiger partial charge in [0.1, 0.15) is 5.82 Å². The summed E-state index contributed by atoms with van der Waals surface area (Å²) in [5, 5.41) is 9.55. The monoisotopic (exact) mass is 258 g/mol. The van der Waals surface area contributed by atoms with E-state index in [9.17, 15) is 4.79 Å². The van der Waals surface area contributed by atoms with Crippen molar-refractivity contribution in [2.24, 2.45) is 0 Å². The second kappa shape index (κ2) is 5.22. The summed E-state index contributed by atoms with van der Waals surface area (Å²) in [6.07, 6.45) is 0. The fourth-order valence-corrected chi connectivity index (χ4v) is 1.56. The van der Waals surface area contributed by atoms with Crippen molar-refractivity contribution in [2.45, 2.75) is 32.7 Å². The first kappa shape index (κ1) is 13.3. The quantitative estimate of drug-likeness (QED) is 0.885. The van der Waals surface area contributed by atoms with Crippen LogP contribution in [-0.2, 0) is 12.0 Å². The Hall–Kier alpha value is -2.17. The smallest absolute Gasteiger partial charge is 0.291 e. The molecule has 0 aliphatic rings. The predicted octanol–water partition coefficient (Wildman–Crippen LogP) is 2.03. The minimum Gasteiger partial charge on any atom is -0.345 e. The summed E-state index contributed by atoms with van der Waals surface area (Å²) in [6.45, 7) is 6.51. The Morgan fingerprint density at radius 2 is 1.95 bits per heavy atom. The van der Waals surface area contributed by atoms with E-state index in [0.717, 1.165) is 5.56 Å². The Balaban J connectivity index is 1.99. The number of hydrogen-bond donors (Lipinski definition) is 2. The van der Waals surface area contributed by atoms with Crippen LogP contribution < -0.4 is 5.32 Å². The van der Waals surface area contributed by atoms with Gasteiger partial charge in [0.2, 0.25) is 5.82 Å². The molecule has 19 heavy (non-hydrogen) atoms. The van der Waals surface area contributed by atoms with Crippen LogP contribution in [0.15, 0.2) is 30.3 Å². The number of H-pyrrole nitrogens is 1. The van der Waals surface area contributed by atoms with Gasteiger partial charge in [0.15, 0.2) is 0 Å².